The Hall–Kier alpha value is -2.41. The highest BCUT2D eigenvalue weighted by Crippen LogP contribution is 2.36. The van der Waals surface area contributed by atoms with Gasteiger partial charge in [0.25, 0.3) is 0 Å². The molecule has 1 aliphatic rings. The third kappa shape index (κ3) is 3.07. The molecule has 3 aromatic carbocycles. The monoisotopic (exact) mass is 344 g/mol. The summed E-state index contributed by atoms with van der Waals surface area (Å²) in [6, 6.07) is 16.9. The van der Waals surface area contributed by atoms with Gasteiger partial charge in [0.05, 0.1) is 0 Å². The first-order valence-electron chi connectivity index (χ1n) is 9.65. The summed E-state index contributed by atoms with van der Waals surface area (Å²) < 4.78 is 15.2. The Balaban J connectivity index is 1.67. The molecule has 0 amide bonds. The molecule has 4 rings (SSSR count). The molecule has 0 bridgehead atoms. The number of hydrogen-bond donors (Lipinski definition) is 0. The van der Waals surface area contributed by atoms with Gasteiger partial charge in [-0.1, -0.05) is 67.6 Å². The van der Waals surface area contributed by atoms with Gasteiger partial charge >= 0.3 is 0 Å². The minimum Gasteiger partial charge on any atom is -0.206 e. The van der Waals surface area contributed by atoms with E-state index in [1.165, 1.54) is 22.3 Å². The van der Waals surface area contributed by atoms with E-state index in [9.17, 15) is 0 Å². The van der Waals surface area contributed by atoms with Crippen molar-refractivity contribution >= 4 is 16.8 Å². The quantitative estimate of drug-likeness (QED) is 0.487. The van der Waals surface area contributed by atoms with Gasteiger partial charge in [-0.05, 0) is 71.7 Å². The van der Waals surface area contributed by atoms with Crippen LogP contribution in [0.1, 0.15) is 54.0 Å². The van der Waals surface area contributed by atoms with Crippen LogP contribution < -0.4 is 0 Å². The maximum Gasteiger partial charge on any atom is 0.134 e. The van der Waals surface area contributed by atoms with Gasteiger partial charge in [-0.15, -0.1) is 0 Å². The van der Waals surface area contributed by atoms with Crippen LogP contribution >= 0.6 is 0 Å². The Morgan fingerprint density at radius 1 is 1.04 bits per heavy atom. The predicted octanol–water partition coefficient (Wildman–Crippen LogP) is 6.85. The molecule has 1 heteroatoms. The third-order valence-corrected chi connectivity index (χ3v) is 5.71. The highest BCUT2D eigenvalue weighted by atomic mass is 19.1. The van der Waals surface area contributed by atoms with E-state index in [1.54, 1.807) is 0 Å². The van der Waals surface area contributed by atoms with Gasteiger partial charge in [-0.25, -0.2) is 4.39 Å². The van der Waals surface area contributed by atoms with Gasteiger partial charge in [0, 0.05) is 5.39 Å². The average Bonchev–Trinajstić information content (AvgIpc) is 2.68. The molecule has 0 radical (unpaired) electrons. The van der Waals surface area contributed by atoms with Gasteiger partial charge in [-0.3, -0.25) is 0 Å². The van der Waals surface area contributed by atoms with Crippen molar-refractivity contribution in [2.24, 2.45) is 0 Å². The summed E-state index contributed by atoms with van der Waals surface area (Å²) >= 11 is 0. The first kappa shape index (κ1) is 17.0. The molecule has 0 spiro atoms. The minimum absolute atomic E-state index is 0.0239. The Bertz CT molecular complexity index is 981. The lowest BCUT2D eigenvalue weighted by atomic mass is 9.79. The SMILES string of the molecule is C/C=C/c1ccc2c(c1)CCC(c1ccc3cc(CC)ccc3c1F)C2. The van der Waals surface area contributed by atoms with E-state index in [2.05, 4.69) is 49.4 Å². The van der Waals surface area contributed by atoms with Crippen LogP contribution in [-0.4, -0.2) is 0 Å². The maximum absolute atomic E-state index is 15.2. The van der Waals surface area contributed by atoms with Crippen molar-refractivity contribution in [1.29, 1.82) is 0 Å². The van der Waals surface area contributed by atoms with E-state index in [4.69, 9.17) is 0 Å². The highest BCUT2D eigenvalue weighted by molar-refractivity contribution is 5.84. The Kier molecular flexibility index (Phi) is 4.63. The van der Waals surface area contributed by atoms with Crippen molar-refractivity contribution in [2.75, 3.05) is 0 Å². The summed E-state index contributed by atoms with van der Waals surface area (Å²) in [7, 11) is 0. The van der Waals surface area contributed by atoms with E-state index >= 15 is 4.39 Å². The van der Waals surface area contributed by atoms with E-state index in [0.29, 0.717) is 0 Å². The number of rotatable bonds is 3. The van der Waals surface area contributed by atoms with Crippen molar-refractivity contribution in [1.82, 2.24) is 0 Å². The molecule has 0 heterocycles. The van der Waals surface area contributed by atoms with Crippen molar-refractivity contribution in [3.8, 4) is 0 Å². The van der Waals surface area contributed by atoms with Crippen LogP contribution in [0, 0.1) is 5.82 Å². The molecular weight excluding hydrogens is 319 g/mol. The number of aryl methyl sites for hydroxylation is 2. The first-order chi connectivity index (χ1) is 12.7. The lowest BCUT2D eigenvalue weighted by Gasteiger charge is -2.26. The number of benzene rings is 3. The zero-order valence-electron chi connectivity index (χ0n) is 15.6. The van der Waals surface area contributed by atoms with Gasteiger partial charge in [-0.2, -0.15) is 0 Å². The van der Waals surface area contributed by atoms with Crippen LogP contribution in [0.2, 0.25) is 0 Å². The van der Waals surface area contributed by atoms with Crippen LogP contribution in [0.5, 0.6) is 0 Å². The molecule has 132 valence electrons. The molecule has 1 aliphatic carbocycles. The Morgan fingerprint density at radius 2 is 1.92 bits per heavy atom. The second kappa shape index (κ2) is 7.07. The minimum atomic E-state index is -0.0239. The lowest BCUT2D eigenvalue weighted by molar-refractivity contribution is 0.539. The third-order valence-electron chi connectivity index (χ3n) is 5.71. The molecule has 0 fully saturated rings. The van der Waals surface area contributed by atoms with E-state index in [1.807, 2.05) is 25.1 Å². The summed E-state index contributed by atoms with van der Waals surface area (Å²) in [6.45, 7) is 4.18. The van der Waals surface area contributed by atoms with Crippen LogP contribution in [0.15, 0.2) is 54.6 Å². The van der Waals surface area contributed by atoms with Gasteiger partial charge in [0.15, 0.2) is 0 Å². The van der Waals surface area contributed by atoms with E-state index in [0.717, 1.165) is 42.0 Å². The molecule has 0 saturated carbocycles. The molecule has 0 N–H and O–H groups in total. The average molecular weight is 344 g/mol. The Morgan fingerprint density at radius 3 is 2.73 bits per heavy atom. The molecule has 0 nitrogen and oxygen atoms in total. The Labute approximate surface area is 155 Å². The van der Waals surface area contributed by atoms with Gasteiger partial charge in [0.2, 0.25) is 0 Å². The lowest BCUT2D eigenvalue weighted by Crippen LogP contribution is -2.14. The fraction of sp³-hybridized carbons (Fsp3) is 0.280. The van der Waals surface area contributed by atoms with Crippen LogP contribution in [0.4, 0.5) is 4.39 Å². The number of allylic oxidation sites excluding steroid dienone is 1. The number of hydrogen-bond acceptors (Lipinski definition) is 0. The van der Waals surface area contributed by atoms with Crippen molar-refractivity contribution < 1.29 is 4.39 Å². The molecule has 26 heavy (non-hydrogen) atoms. The van der Waals surface area contributed by atoms with Gasteiger partial charge < -0.3 is 0 Å². The number of fused-ring (bicyclic) bond motifs is 2. The highest BCUT2D eigenvalue weighted by Gasteiger charge is 2.23. The zero-order valence-corrected chi connectivity index (χ0v) is 15.6. The van der Waals surface area contributed by atoms with Crippen LogP contribution in [0.25, 0.3) is 16.8 Å². The molecule has 0 aromatic heterocycles. The maximum atomic E-state index is 15.2. The standard InChI is InChI=1S/C25H25F/c1-3-5-18-6-8-20-16-22(10-9-19(20)15-18)24-13-11-21-14-17(4-2)7-12-23(21)25(24)26/h3,5-8,11-15,22H,4,9-10,16H2,1-2H3/b5-3+. The smallest absolute Gasteiger partial charge is 0.134 e. The summed E-state index contributed by atoms with van der Waals surface area (Å²) in [5.74, 6) is 0.245. The predicted molar refractivity (Wildman–Crippen MR) is 109 cm³/mol. The van der Waals surface area contributed by atoms with E-state index < -0.39 is 0 Å². The number of halogens is 1. The second-order valence-electron chi connectivity index (χ2n) is 7.35. The molecule has 1 atom stereocenters. The normalized spacial score (nSPS) is 17.0. The molecule has 0 aliphatic heterocycles. The van der Waals surface area contributed by atoms with Crippen LogP contribution in [-0.2, 0) is 19.3 Å². The fourth-order valence-electron chi connectivity index (χ4n) is 4.23. The van der Waals surface area contributed by atoms with Gasteiger partial charge in [0.1, 0.15) is 5.82 Å². The first-order valence-corrected chi connectivity index (χ1v) is 9.65. The van der Waals surface area contributed by atoms with Crippen molar-refractivity contribution in [3.63, 3.8) is 0 Å². The topological polar surface area (TPSA) is 0 Å². The molecule has 3 aromatic rings. The zero-order chi connectivity index (χ0) is 18.1. The van der Waals surface area contributed by atoms with Crippen molar-refractivity contribution in [3.05, 3.63) is 88.2 Å². The largest absolute Gasteiger partial charge is 0.206 e. The van der Waals surface area contributed by atoms with Crippen molar-refractivity contribution in [2.45, 2.75) is 45.4 Å². The van der Waals surface area contributed by atoms with Crippen LogP contribution in [0.3, 0.4) is 0 Å². The summed E-state index contributed by atoms with van der Waals surface area (Å²) in [6.07, 6.45) is 8.16. The molecule has 1 unspecified atom stereocenters. The van der Waals surface area contributed by atoms with E-state index in [-0.39, 0.29) is 11.7 Å². The summed E-state index contributed by atoms with van der Waals surface area (Å²) in [5.41, 5.74) is 6.19. The summed E-state index contributed by atoms with van der Waals surface area (Å²) in [4.78, 5) is 0. The summed E-state index contributed by atoms with van der Waals surface area (Å²) in [5, 5.41) is 1.77. The molecule has 0 saturated heterocycles. The molecular formula is C25H25F. The second-order valence-corrected chi connectivity index (χ2v) is 7.35. The fourth-order valence-corrected chi connectivity index (χ4v) is 4.23.